The molecule has 158 valence electrons. The van der Waals surface area contributed by atoms with E-state index in [2.05, 4.69) is 38.3 Å². The molecule has 0 aliphatic carbocycles. The number of nitrogens with two attached hydrogens (primary N) is 2. The average Bonchev–Trinajstić information content (AvgIpc) is 3.25. The Morgan fingerprint density at radius 1 is 1.28 bits per heavy atom. The van der Waals surface area contributed by atoms with E-state index in [4.69, 9.17) is 34.9 Å². The van der Waals surface area contributed by atoms with Crippen LogP contribution < -0.4 is 16.6 Å². The highest BCUT2D eigenvalue weighted by molar-refractivity contribution is 7.10. The molecule has 1 fully saturated rings. The zero-order chi connectivity index (χ0) is 20.8. The second-order valence-electron chi connectivity index (χ2n) is 6.93. The molecule has 1 aliphatic rings. The lowest BCUT2D eigenvalue weighted by Gasteiger charge is -2.41. The maximum absolute atomic E-state index is 6.35. The topological polar surface area (TPSA) is 87.0 Å². The summed E-state index contributed by atoms with van der Waals surface area (Å²) in [6.45, 7) is 6.02. The summed E-state index contributed by atoms with van der Waals surface area (Å²) in [5.74, 6) is 12.8. The molecule has 2 aromatic heterocycles. The first kappa shape index (κ1) is 22.1. The number of pyridine rings is 1. The van der Waals surface area contributed by atoms with Crippen LogP contribution in [0.5, 0.6) is 0 Å². The molecule has 0 radical (unpaired) electrons. The van der Waals surface area contributed by atoms with Gasteiger partial charge in [0.1, 0.15) is 6.04 Å². The Balaban J connectivity index is 1.79. The van der Waals surface area contributed by atoms with Crippen molar-refractivity contribution in [1.82, 2.24) is 14.9 Å². The number of halogens is 2. The van der Waals surface area contributed by atoms with E-state index in [1.165, 1.54) is 4.88 Å². The van der Waals surface area contributed by atoms with Crippen molar-refractivity contribution in [3.8, 4) is 0 Å². The van der Waals surface area contributed by atoms with Crippen molar-refractivity contribution in [2.24, 2.45) is 16.8 Å². The predicted molar refractivity (Wildman–Crippen MR) is 123 cm³/mol. The van der Waals surface area contributed by atoms with Crippen LogP contribution in [0.25, 0.3) is 0 Å². The van der Waals surface area contributed by atoms with Crippen LogP contribution in [0.4, 0.5) is 5.69 Å². The molecule has 1 unspecified atom stereocenters. The molecule has 0 spiro atoms. The number of hydrazine groups is 1. The number of amidine groups is 1. The van der Waals surface area contributed by atoms with E-state index in [-0.39, 0.29) is 6.04 Å². The molecule has 1 saturated heterocycles. The van der Waals surface area contributed by atoms with Crippen LogP contribution in [0.15, 0.2) is 35.0 Å². The summed E-state index contributed by atoms with van der Waals surface area (Å²) in [5.41, 5.74) is 0.840. The third-order valence-electron chi connectivity index (χ3n) is 5.06. The number of hydrazone groups is 1. The zero-order valence-electron chi connectivity index (χ0n) is 16.5. The molecule has 29 heavy (non-hydrogen) atoms. The number of piperazine rings is 1. The van der Waals surface area contributed by atoms with Crippen molar-refractivity contribution in [1.29, 1.82) is 0 Å². The van der Waals surface area contributed by atoms with Crippen molar-refractivity contribution >= 4 is 46.1 Å². The molecule has 3 rings (SSSR count). The number of unbranched alkanes of at least 4 members (excludes halogenated alkanes) is 1. The molecule has 4 N–H and O–H groups in total. The summed E-state index contributed by atoms with van der Waals surface area (Å²) in [4.78, 5) is 9.78. The van der Waals surface area contributed by atoms with Gasteiger partial charge in [-0.3, -0.25) is 14.9 Å². The highest BCUT2D eigenvalue weighted by Gasteiger charge is 2.32. The van der Waals surface area contributed by atoms with Crippen LogP contribution >= 0.6 is 34.5 Å². The van der Waals surface area contributed by atoms with E-state index in [9.17, 15) is 0 Å². The van der Waals surface area contributed by atoms with Crippen molar-refractivity contribution in [3.05, 3.63) is 44.8 Å². The Kier molecular flexibility index (Phi) is 7.97. The maximum Gasteiger partial charge on any atom is 0.161 e. The zero-order valence-corrected chi connectivity index (χ0v) is 18.8. The van der Waals surface area contributed by atoms with Gasteiger partial charge in [-0.1, -0.05) is 42.6 Å². The average molecular weight is 456 g/mol. The van der Waals surface area contributed by atoms with Gasteiger partial charge < -0.3 is 10.7 Å². The summed E-state index contributed by atoms with van der Waals surface area (Å²) in [6.07, 6.45) is 5.30. The van der Waals surface area contributed by atoms with Gasteiger partial charge in [0, 0.05) is 50.0 Å². The summed E-state index contributed by atoms with van der Waals surface area (Å²) in [6, 6.07) is 4.07. The van der Waals surface area contributed by atoms with E-state index in [0.717, 1.165) is 51.3 Å². The van der Waals surface area contributed by atoms with Gasteiger partial charge in [0.15, 0.2) is 5.84 Å². The number of hydrogen-bond donors (Lipinski definition) is 2. The van der Waals surface area contributed by atoms with Gasteiger partial charge in [-0.2, -0.15) is 5.10 Å². The molecule has 0 saturated carbocycles. The van der Waals surface area contributed by atoms with Gasteiger partial charge in [-0.05, 0) is 17.9 Å². The van der Waals surface area contributed by atoms with Crippen molar-refractivity contribution in [3.63, 3.8) is 0 Å². The van der Waals surface area contributed by atoms with Gasteiger partial charge in [-0.15, -0.1) is 11.3 Å². The predicted octanol–water partition coefficient (Wildman–Crippen LogP) is 3.56. The SMILES string of the molecule is CCCCN(N)/C(=N\N)C(c1cccs1)N1CCN(c2c(Cl)cncc2Cl)CC1. The first-order valence-corrected chi connectivity index (χ1v) is 11.3. The van der Waals surface area contributed by atoms with Crippen LogP contribution in [0, 0.1) is 0 Å². The van der Waals surface area contributed by atoms with Gasteiger partial charge in [0.25, 0.3) is 0 Å². The second-order valence-corrected chi connectivity index (χ2v) is 8.72. The van der Waals surface area contributed by atoms with Crippen LogP contribution in [0.3, 0.4) is 0 Å². The summed E-state index contributed by atoms with van der Waals surface area (Å²) >= 11 is 14.4. The van der Waals surface area contributed by atoms with Gasteiger partial charge in [0.05, 0.1) is 15.7 Å². The van der Waals surface area contributed by atoms with Crippen LogP contribution in [-0.2, 0) is 0 Å². The molecule has 2 aromatic rings. The van der Waals surface area contributed by atoms with Gasteiger partial charge in [-0.25, -0.2) is 5.84 Å². The molecule has 1 atom stereocenters. The first-order chi connectivity index (χ1) is 14.1. The van der Waals surface area contributed by atoms with Crippen molar-refractivity contribution < 1.29 is 0 Å². The van der Waals surface area contributed by atoms with Crippen LogP contribution in [0.1, 0.15) is 30.7 Å². The molecule has 3 heterocycles. The quantitative estimate of drug-likeness (QED) is 0.287. The van der Waals surface area contributed by atoms with Gasteiger partial charge >= 0.3 is 0 Å². The lowest BCUT2D eigenvalue weighted by Crippen LogP contribution is -2.53. The third kappa shape index (κ3) is 5.13. The van der Waals surface area contributed by atoms with Crippen molar-refractivity contribution in [2.75, 3.05) is 37.6 Å². The molecule has 0 aromatic carbocycles. The number of rotatable bonds is 7. The smallest absolute Gasteiger partial charge is 0.161 e. The molecule has 7 nitrogen and oxygen atoms in total. The number of thiophene rings is 1. The normalized spacial score (nSPS) is 16.8. The summed E-state index contributed by atoms with van der Waals surface area (Å²) < 4.78 is 0. The fourth-order valence-corrected chi connectivity index (χ4v) is 5.03. The van der Waals surface area contributed by atoms with E-state index >= 15 is 0 Å². The second kappa shape index (κ2) is 10.4. The van der Waals surface area contributed by atoms with Crippen LogP contribution in [0.2, 0.25) is 10.0 Å². The van der Waals surface area contributed by atoms with Crippen molar-refractivity contribution in [2.45, 2.75) is 25.8 Å². The van der Waals surface area contributed by atoms with E-state index in [0.29, 0.717) is 15.9 Å². The van der Waals surface area contributed by atoms with Crippen LogP contribution in [-0.4, -0.2) is 53.5 Å². The fraction of sp³-hybridized carbons (Fsp3) is 0.474. The van der Waals surface area contributed by atoms with E-state index < -0.39 is 0 Å². The minimum absolute atomic E-state index is 0.0765. The van der Waals surface area contributed by atoms with E-state index in [1.807, 2.05) is 6.07 Å². The maximum atomic E-state index is 6.35. The molecule has 0 bridgehead atoms. The summed E-state index contributed by atoms with van der Waals surface area (Å²) in [7, 11) is 0. The number of hydrogen-bond acceptors (Lipinski definition) is 7. The Morgan fingerprint density at radius 2 is 1.97 bits per heavy atom. The molecule has 0 amide bonds. The Morgan fingerprint density at radius 3 is 2.52 bits per heavy atom. The summed E-state index contributed by atoms with van der Waals surface area (Å²) in [5, 5.41) is 8.99. The molecular weight excluding hydrogens is 429 g/mol. The fourth-order valence-electron chi connectivity index (χ4n) is 3.57. The number of anilines is 1. The minimum Gasteiger partial charge on any atom is -0.366 e. The monoisotopic (exact) mass is 455 g/mol. The highest BCUT2D eigenvalue weighted by Crippen LogP contribution is 2.35. The Hall–Kier alpha value is -1.58. The standard InChI is InChI=1S/C19H27Cl2N7S/c1-2-3-6-28(23)19(25-22)18(16-5-4-11-29-16)27-9-7-26(8-10-27)17-14(20)12-24-13-15(17)21/h4-5,11-13,18H,2-3,6-10,22-23H2,1H3/b25-19-. The third-order valence-corrected chi connectivity index (χ3v) is 6.54. The Bertz CT molecular complexity index is 787. The lowest BCUT2D eigenvalue weighted by atomic mass is 10.1. The largest absolute Gasteiger partial charge is 0.366 e. The lowest BCUT2D eigenvalue weighted by molar-refractivity contribution is 0.216. The molecule has 10 heteroatoms. The number of nitrogens with zero attached hydrogens (tertiary/aromatic N) is 5. The van der Waals surface area contributed by atoms with Gasteiger partial charge in [0.2, 0.25) is 0 Å². The van der Waals surface area contributed by atoms with E-state index in [1.54, 1.807) is 28.7 Å². The minimum atomic E-state index is -0.0765. The molecular formula is C19H27Cl2N7S. The number of aromatic nitrogens is 1. The Labute approximate surface area is 185 Å². The molecule has 1 aliphatic heterocycles. The first-order valence-electron chi connectivity index (χ1n) is 9.68. The highest BCUT2D eigenvalue weighted by atomic mass is 35.5.